The molecular formula is C17H16N4O. The van der Waals surface area contributed by atoms with Gasteiger partial charge in [-0.25, -0.2) is 0 Å². The number of hydrogen-bond acceptors (Lipinski definition) is 3. The second-order valence-corrected chi connectivity index (χ2v) is 5.58. The van der Waals surface area contributed by atoms with Gasteiger partial charge in [-0.15, -0.1) is 0 Å². The fourth-order valence-corrected chi connectivity index (χ4v) is 3.24. The lowest BCUT2D eigenvalue weighted by molar-refractivity contribution is 0.0737. The molecule has 1 amide bonds. The van der Waals surface area contributed by atoms with Crippen molar-refractivity contribution < 1.29 is 4.79 Å². The van der Waals surface area contributed by atoms with Crippen LogP contribution in [-0.4, -0.2) is 32.5 Å². The van der Waals surface area contributed by atoms with Gasteiger partial charge in [-0.2, -0.15) is 5.10 Å². The second kappa shape index (κ2) is 5.26. The van der Waals surface area contributed by atoms with Crippen molar-refractivity contribution in [3.05, 3.63) is 60.0 Å². The second-order valence-electron chi connectivity index (χ2n) is 5.58. The fourth-order valence-electron chi connectivity index (χ4n) is 3.24. The first kappa shape index (κ1) is 13.0. The van der Waals surface area contributed by atoms with Gasteiger partial charge in [0.15, 0.2) is 0 Å². The van der Waals surface area contributed by atoms with Gasteiger partial charge in [0.1, 0.15) is 0 Å². The SMILES string of the molecule is O=C(c1cccc2cn[nH]c12)N1CCCC1c1ccncc1. The zero-order chi connectivity index (χ0) is 14.9. The van der Waals surface area contributed by atoms with E-state index in [0.717, 1.165) is 35.9 Å². The Labute approximate surface area is 128 Å². The number of fused-ring (bicyclic) bond motifs is 1. The Kier molecular flexibility index (Phi) is 3.11. The van der Waals surface area contributed by atoms with Crippen LogP contribution in [0.15, 0.2) is 48.9 Å². The Morgan fingerprint density at radius 3 is 2.95 bits per heavy atom. The molecule has 0 bridgehead atoms. The summed E-state index contributed by atoms with van der Waals surface area (Å²) >= 11 is 0. The number of likely N-dealkylation sites (tertiary alicyclic amines) is 1. The van der Waals surface area contributed by atoms with Crippen LogP contribution in [0.25, 0.3) is 10.9 Å². The number of carbonyl (C=O) groups excluding carboxylic acids is 1. The summed E-state index contributed by atoms with van der Waals surface area (Å²) in [6, 6.07) is 9.85. The summed E-state index contributed by atoms with van der Waals surface area (Å²) < 4.78 is 0. The average Bonchev–Trinajstić information content (AvgIpc) is 3.23. The minimum Gasteiger partial charge on any atom is -0.332 e. The molecule has 4 rings (SSSR count). The molecule has 0 radical (unpaired) electrons. The molecule has 0 aliphatic carbocycles. The van der Waals surface area contributed by atoms with Gasteiger partial charge in [0.2, 0.25) is 0 Å². The van der Waals surface area contributed by atoms with Gasteiger partial charge in [0.05, 0.1) is 23.3 Å². The third-order valence-electron chi connectivity index (χ3n) is 4.31. The highest BCUT2D eigenvalue weighted by Gasteiger charge is 2.31. The van der Waals surface area contributed by atoms with Crippen molar-refractivity contribution in [3.8, 4) is 0 Å². The normalized spacial score (nSPS) is 18.0. The largest absolute Gasteiger partial charge is 0.332 e. The first-order valence-corrected chi connectivity index (χ1v) is 7.47. The molecule has 5 heteroatoms. The van der Waals surface area contributed by atoms with E-state index in [9.17, 15) is 4.79 Å². The number of H-pyrrole nitrogens is 1. The molecule has 1 aliphatic rings. The number of aromatic nitrogens is 3. The lowest BCUT2D eigenvalue weighted by atomic mass is 10.0. The van der Waals surface area contributed by atoms with Crippen LogP contribution in [0.4, 0.5) is 0 Å². The minimum absolute atomic E-state index is 0.0640. The van der Waals surface area contributed by atoms with Crippen LogP contribution in [0.5, 0.6) is 0 Å². The smallest absolute Gasteiger partial charge is 0.256 e. The topological polar surface area (TPSA) is 61.9 Å². The summed E-state index contributed by atoms with van der Waals surface area (Å²) in [5.74, 6) is 0.0640. The Morgan fingerprint density at radius 2 is 2.09 bits per heavy atom. The molecule has 1 unspecified atom stereocenters. The van der Waals surface area contributed by atoms with E-state index in [2.05, 4.69) is 15.2 Å². The van der Waals surface area contributed by atoms with E-state index in [-0.39, 0.29) is 11.9 Å². The van der Waals surface area contributed by atoms with Gasteiger partial charge in [-0.3, -0.25) is 14.9 Å². The molecule has 1 aliphatic heterocycles. The molecule has 5 nitrogen and oxygen atoms in total. The summed E-state index contributed by atoms with van der Waals surface area (Å²) in [4.78, 5) is 19.0. The van der Waals surface area contributed by atoms with Gasteiger partial charge in [0.25, 0.3) is 5.91 Å². The summed E-state index contributed by atoms with van der Waals surface area (Å²) in [6.45, 7) is 0.788. The van der Waals surface area contributed by atoms with E-state index in [4.69, 9.17) is 0 Å². The van der Waals surface area contributed by atoms with Crippen molar-refractivity contribution in [2.24, 2.45) is 0 Å². The van der Waals surface area contributed by atoms with E-state index in [0.29, 0.717) is 5.56 Å². The number of para-hydroxylation sites is 1. The molecule has 0 spiro atoms. The average molecular weight is 292 g/mol. The molecule has 1 saturated heterocycles. The predicted octanol–water partition coefficient (Wildman–Crippen LogP) is 2.94. The first-order valence-electron chi connectivity index (χ1n) is 7.47. The predicted molar refractivity (Wildman–Crippen MR) is 83.3 cm³/mol. The fraction of sp³-hybridized carbons (Fsp3) is 0.235. The van der Waals surface area contributed by atoms with Gasteiger partial charge in [-0.05, 0) is 36.6 Å². The molecule has 1 atom stereocenters. The van der Waals surface area contributed by atoms with Gasteiger partial charge in [0, 0.05) is 24.3 Å². The standard InChI is InChI=1S/C17H16N4O/c22-17(14-4-1-3-13-11-19-20-16(13)14)21-10-2-5-15(21)12-6-8-18-9-7-12/h1,3-4,6-9,11,15H,2,5,10H2,(H,19,20). The number of aromatic amines is 1. The number of carbonyl (C=O) groups is 1. The monoisotopic (exact) mass is 292 g/mol. The molecule has 0 saturated carbocycles. The van der Waals surface area contributed by atoms with Crippen molar-refractivity contribution >= 4 is 16.8 Å². The van der Waals surface area contributed by atoms with Gasteiger partial charge in [-0.1, -0.05) is 12.1 Å². The molecule has 110 valence electrons. The lowest BCUT2D eigenvalue weighted by Crippen LogP contribution is -2.30. The third kappa shape index (κ3) is 2.06. The number of benzene rings is 1. The molecule has 22 heavy (non-hydrogen) atoms. The highest BCUT2D eigenvalue weighted by atomic mass is 16.2. The maximum Gasteiger partial charge on any atom is 0.256 e. The Hall–Kier alpha value is -2.69. The van der Waals surface area contributed by atoms with Crippen molar-refractivity contribution in [1.29, 1.82) is 0 Å². The number of amides is 1. The maximum absolute atomic E-state index is 13.0. The summed E-state index contributed by atoms with van der Waals surface area (Å²) in [6.07, 6.45) is 7.33. The van der Waals surface area contributed by atoms with Crippen molar-refractivity contribution in [2.45, 2.75) is 18.9 Å². The Balaban J connectivity index is 1.71. The Bertz CT molecular complexity index is 812. The van der Waals surface area contributed by atoms with Crippen LogP contribution in [0.3, 0.4) is 0 Å². The van der Waals surface area contributed by atoms with E-state index >= 15 is 0 Å². The van der Waals surface area contributed by atoms with Crippen LogP contribution < -0.4 is 0 Å². The number of pyridine rings is 1. The highest BCUT2D eigenvalue weighted by molar-refractivity contribution is 6.05. The van der Waals surface area contributed by atoms with Crippen LogP contribution in [0.1, 0.15) is 34.8 Å². The molecule has 1 N–H and O–H groups in total. The molecule has 2 aromatic heterocycles. The minimum atomic E-state index is 0.0640. The lowest BCUT2D eigenvalue weighted by Gasteiger charge is -2.25. The van der Waals surface area contributed by atoms with E-state index in [1.54, 1.807) is 18.6 Å². The van der Waals surface area contributed by atoms with Crippen LogP contribution >= 0.6 is 0 Å². The molecule has 3 aromatic rings. The summed E-state index contributed by atoms with van der Waals surface area (Å²) in [5, 5.41) is 7.95. The van der Waals surface area contributed by atoms with Crippen molar-refractivity contribution in [1.82, 2.24) is 20.1 Å². The van der Waals surface area contributed by atoms with Crippen LogP contribution in [0.2, 0.25) is 0 Å². The van der Waals surface area contributed by atoms with Gasteiger partial charge >= 0.3 is 0 Å². The quantitative estimate of drug-likeness (QED) is 0.790. The van der Waals surface area contributed by atoms with E-state index < -0.39 is 0 Å². The zero-order valence-electron chi connectivity index (χ0n) is 12.1. The summed E-state index contributed by atoms with van der Waals surface area (Å²) in [5.41, 5.74) is 2.65. The van der Waals surface area contributed by atoms with E-state index in [1.165, 1.54) is 0 Å². The van der Waals surface area contributed by atoms with Crippen LogP contribution in [-0.2, 0) is 0 Å². The number of rotatable bonds is 2. The molecule has 1 aromatic carbocycles. The zero-order valence-corrected chi connectivity index (χ0v) is 12.1. The number of nitrogens with zero attached hydrogens (tertiary/aromatic N) is 3. The highest BCUT2D eigenvalue weighted by Crippen LogP contribution is 2.33. The van der Waals surface area contributed by atoms with Gasteiger partial charge < -0.3 is 4.90 Å². The molecule has 1 fully saturated rings. The summed E-state index contributed by atoms with van der Waals surface area (Å²) in [7, 11) is 0. The molecule has 3 heterocycles. The van der Waals surface area contributed by atoms with E-state index in [1.807, 2.05) is 35.2 Å². The maximum atomic E-state index is 13.0. The number of nitrogens with one attached hydrogen (secondary N) is 1. The molecular weight excluding hydrogens is 276 g/mol. The third-order valence-corrected chi connectivity index (χ3v) is 4.31. The van der Waals surface area contributed by atoms with Crippen LogP contribution in [0, 0.1) is 0 Å². The Morgan fingerprint density at radius 1 is 1.23 bits per heavy atom. The van der Waals surface area contributed by atoms with Crippen molar-refractivity contribution in [3.63, 3.8) is 0 Å². The number of hydrogen-bond donors (Lipinski definition) is 1. The first-order chi connectivity index (χ1) is 10.8. The van der Waals surface area contributed by atoms with Crippen molar-refractivity contribution in [2.75, 3.05) is 6.54 Å².